The first-order valence-electron chi connectivity index (χ1n) is 14.0. The maximum Gasteiger partial charge on any atom is 0.421 e. The fraction of sp³-hybridized carbons (Fsp3) is 0.367. The third-order valence-corrected chi connectivity index (χ3v) is 8.37. The van der Waals surface area contributed by atoms with Crippen molar-refractivity contribution in [3.8, 4) is 5.88 Å². The number of ether oxygens (including phenoxy) is 2. The molecule has 2 aromatic heterocycles. The molecule has 4 aromatic rings. The number of fused-ring (bicyclic) bond motifs is 2. The lowest BCUT2D eigenvalue weighted by Crippen LogP contribution is -2.36. The summed E-state index contributed by atoms with van der Waals surface area (Å²) in [5.41, 5.74) is -1.40. The summed E-state index contributed by atoms with van der Waals surface area (Å²) < 4.78 is 98.5. The molecule has 0 saturated carbocycles. The lowest BCUT2D eigenvalue weighted by atomic mass is 9.97. The van der Waals surface area contributed by atoms with Crippen molar-refractivity contribution in [2.45, 2.75) is 57.8 Å². The number of hydrogen-bond donors (Lipinski definition) is 1. The molecule has 1 fully saturated rings. The molecule has 238 valence electrons. The van der Waals surface area contributed by atoms with E-state index in [0.29, 0.717) is 24.5 Å². The smallest absolute Gasteiger partial charge is 0.421 e. The maximum absolute atomic E-state index is 15.4. The van der Waals surface area contributed by atoms with Crippen LogP contribution in [-0.4, -0.2) is 49.8 Å². The summed E-state index contributed by atoms with van der Waals surface area (Å²) in [7, 11) is 0. The largest absolute Gasteiger partial charge is 0.478 e. The first-order valence-corrected chi connectivity index (χ1v) is 14.3. The molecule has 1 N–H and O–H groups in total. The Kier molecular flexibility index (Phi) is 8.16. The number of imidazole rings is 1. The van der Waals surface area contributed by atoms with Crippen LogP contribution >= 0.6 is 11.6 Å². The van der Waals surface area contributed by atoms with E-state index in [0.717, 1.165) is 30.7 Å². The third-order valence-electron chi connectivity index (χ3n) is 8.16. The summed E-state index contributed by atoms with van der Waals surface area (Å²) in [5, 5.41) is 9.23. The molecule has 0 radical (unpaired) electrons. The molecule has 1 saturated heterocycles. The van der Waals surface area contributed by atoms with E-state index in [-0.39, 0.29) is 47.4 Å². The molecule has 0 aliphatic carbocycles. The van der Waals surface area contributed by atoms with Gasteiger partial charge in [0.25, 0.3) is 0 Å². The van der Waals surface area contributed by atoms with Crippen LogP contribution in [0.25, 0.3) is 11.0 Å². The predicted molar refractivity (Wildman–Crippen MR) is 148 cm³/mol. The average molecular weight is 655 g/mol. The number of nitrogens with zero attached hydrogens (tertiary/aromatic N) is 4. The lowest BCUT2D eigenvalue weighted by molar-refractivity contribution is -0.139. The minimum atomic E-state index is -4.86. The molecule has 4 heterocycles. The average Bonchev–Trinajstić information content (AvgIpc) is 3.28. The van der Waals surface area contributed by atoms with Crippen LogP contribution in [0.4, 0.5) is 26.3 Å². The summed E-state index contributed by atoms with van der Waals surface area (Å²) in [6.07, 6.45) is -4.17. The molecule has 15 heteroatoms. The van der Waals surface area contributed by atoms with Gasteiger partial charge in [-0.2, -0.15) is 13.2 Å². The number of rotatable bonds is 8. The van der Waals surface area contributed by atoms with Crippen LogP contribution in [0.1, 0.15) is 58.0 Å². The topological polar surface area (TPSA) is 89.7 Å². The number of carboxylic acids is 1. The van der Waals surface area contributed by atoms with Gasteiger partial charge in [-0.1, -0.05) is 11.6 Å². The minimum Gasteiger partial charge on any atom is -0.478 e. The highest BCUT2D eigenvalue weighted by molar-refractivity contribution is 6.30. The van der Waals surface area contributed by atoms with Crippen molar-refractivity contribution >= 4 is 28.6 Å². The van der Waals surface area contributed by atoms with Crippen molar-refractivity contribution in [3.63, 3.8) is 0 Å². The van der Waals surface area contributed by atoms with E-state index in [9.17, 15) is 31.9 Å². The molecule has 6 rings (SSSR count). The second-order valence-electron chi connectivity index (χ2n) is 10.9. The van der Waals surface area contributed by atoms with Gasteiger partial charge < -0.3 is 19.1 Å². The number of carbonyl (C=O) groups is 1. The normalized spacial score (nSPS) is 18.6. The number of hydrogen-bond acceptors (Lipinski definition) is 6. The van der Waals surface area contributed by atoms with Gasteiger partial charge in [0.15, 0.2) is 5.82 Å². The Bertz CT molecular complexity index is 1790. The monoisotopic (exact) mass is 654 g/mol. The Balaban J connectivity index is 1.33. The van der Waals surface area contributed by atoms with Crippen molar-refractivity contribution in [2.75, 3.05) is 13.2 Å². The fourth-order valence-electron chi connectivity index (χ4n) is 5.65. The highest BCUT2D eigenvalue weighted by Crippen LogP contribution is 2.40. The highest BCUT2D eigenvalue weighted by atomic mass is 35.5. The second kappa shape index (κ2) is 11.8. The Morgan fingerprint density at radius 3 is 2.49 bits per heavy atom. The first kappa shape index (κ1) is 31.1. The van der Waals surface area contributed by atoms with Crippen molar-refractivity contribution in [3.05, 3.63) is 86.6 Å². The first-order chi connectivity index (χ1) is 21.3. The minimum absolute atomic E-state index is 0.0238. The van der Waals surface area contributed by atoms with E-state index in [4.69, 9.17) is 21.1 Å². The number of aromatic carboxylic acids is 1. The van der Waals surface area contributed by atoms with Crippen LogP contribution in [0, 0.1) is 17.5 Å². The summed E-state index contributed by atoms with van der Waals surface area (Å²) in [5.74, 6) is -4.92. The van der Waals surface area contributed by atoms with E-state index in [1.807, 2.05) is 4.90 Å². The molecular formula is C30H25ClF6N4O4. The molecule has 0 unspecified atom stereocenters. The van der Waals surface area contributed by atoms with Gasteiger partial charge in [-0.15, -0.1) is 0 Å². The Hall–Kier alpha value is -3.88. The summed E-state index contributed by atoms with van der Waals surface area (Å²) in [4.78, 5) is 22.3. The summed E-state index contributed by atoms with van der Waals surface area (Å²) in [6, 6.07) is 4.59. The Morgan fingerprint density at radius 2 is 1.87 bits per heavy atom. The third kappa shape index (κ3) is 5.93. The molecule has 8 nitrogen and oxygen atoms in total. The number of carboxylic acid groups (broad SMARTS) is 1. The van der Waals surface area contributed by atoms with Crippen molar-refractivity contribution < 1.29 is 45.7 Å². The molecule has 0 spiro atoms. The van der Waals surface area contributed by atoms with E-state index in [1.165, 1.54) is 6.07 Å². The predicted octanol–water partition coefficient (Wildman–Crippen LogP) is 6.71. The van der Waals surface area contributed by atoms with E-state index in [1.54, 1.807) is 11.5 Å². The second-order valence-corrected chi connectivity index (χ2v) is 11.4. The van der Waals surface area contributed by atoms with Gasteiger partial charge >= 0.3 is 12.1 Å². The molecular weight excluding hydrogens is 630 g/mol. The number of pyridine rings is 1. The van der Waals surface area contributed by atoms with Gasteiger partial charge in [0.05, 0.1) is 47.6 Å². The SMILES string of the molecule is C[C@H]1c2nc(OCc3c(F)cc(Cl)cc3F)c(C(F)(F)F)cc2CCN1Cc1nc2ccc(C(=O)O)c(F)c2n1C[C@@H]1CCO1. The highest BCUT2D eigenvalue weighted by Gasteiger charge is 2.39. The molecule has 2 aliphatic heterocycles. The summed E-state index contributed by atoms with van der Waals surface area (Å²) in [6.45, 7) is 2.07. The summed E-state index contributed by atoms with van der Waals surface area (Å²) >= 11 is 5.65. The van der Waals surface area contributed by atoms with Gasteiger partial charge in [-0.3, -0.25) is 4.90 Å². The quantitative estimate of drug-likeness (QED) is 0.211. The van der Waals surface area contributed by atoms with Gasteiger partial charge in [-0.25, -0.2) is 27.9 Å². The maximum atomic E-state index is 15.4. The number of aromatic nitrogens is 3. The number of alkyl halides is 3. The molecule has 2 atom stereocenters. The van der Waals surface area contributed by atoms with E-state index >= 15 is 4.39 Å². The zero-order chi connectivity index (χ0) is 32.2. The van der Waals surface area contributed by atoms with Crippen LogP contribution in [-0.2, 0) is 37.0 Å². The van der Waals surface area contributed by atoms with Crippen molar-refractivity contribution in [1.29, 1.82) is 0 Å². The standard InChI is InChI=1S/C30H25ClF6N4O4/c1-14-26-15(8-20(30(35,36)37)28(39-26)45-13-19-21(32)9-16(31)10-22(19)33)4-6-40(14)12-24-38-23-3-2-18(29(42)43)25(34)27(23)41(24)11-17-5-7-44-17/h2-3,8-10,14,17H,4-7,11-13H2,1H3,(H,42,43)/t14-,17-/m0/s1. The lowest BCUT2D eigenvalue weighted by Gasteiger charge is -2.35. The number of benzene rings is 2. The van der Waals surface area contributed by atoms with Crippen LogP contribution < -0.4 is 4.74 Å². The fourth-order valence-corrected chi connectivity index (χ4v) is 5.84. The van der Waals surface area contributed by atoms with Crippen molar-refractivity contribution in [2.24, 2.45) is 0 Å². The van der Waals surface area contributed by atoms with E-state index < -0.39 is 64.8 Å². The zero-order valence-electron chi connectivity index (χ0n) is 23.6. The molecule has 0 bridgehead atoms. The van der Waals surface area contributed by atoms with Gasteiger partial charge in [0.2, 0.25) is 5.88 Å². The zero-order valence-corrected chi connectivity index (χ0v) is 24.4. The van der Waals surface area contributed by atoms with Crippen LogP contribution in [0.5, 0.6) is 5.88 Å². The molecule has 2 aliphatic rings. The Labute approximate surface area is 257 Å². The molecule has 0 amide bonds. The molecule has 2 aromatic carbocycles. The van der Waals surface area contributed by atoms with E-state index in [2.05, 4.69) is 9.97 Å². The van der Waals surface area contributed by atoms with Gasteiger partial charge in [-0.05, 0) is 55.7 Å². The Morgan fingerprint density at radius 1 is 1.16 bits per heavy atom. The molecule has 45 heavy (non-hydrogen) atoms. The van der Waals surface area contributed by atoms with Crippen LogP contribution in [0.15, 0.2) is 30.3 Å². The van der Waals surface area contributed by atoms with Crippen LogP contribution in [0.2, 0.25) is 5.02 Å². The van der Waals surface area contributed by atoms with Crippen LogP contribution in [0.3, 0.4) is 0 Å². The van der Waals surface area contributed by atoms with Crippen molar-refractivity contribution in [1.82, 2.24) is 19.4 Å². The number of halogens is 7. The van der Waals surface area contributed by atoms with Gasteiger partial charge in [0, 0.05) is 18.2 Å². The van der Waals surface area contributed by atoms with Gasteiger partial charge in [0.1, 0.15) is 35.1 Å².